The van der Waals surface area contributed by atoms with Crippen LogP contribution in [0.3, 0.4) is 0 Å². The molecule has 0 amide bonds. The molecule has 0 aliphatic heterocycles. The molecule has 2 rings (SSSR count). The Morgan fingerprint density at radius 2 is 1.82 bits per heavy atom. The summed E-state index contributed by atoms with van der Waals surface area (Å²) in [5.41, 5.74) is 3.20. The summed E-state index contributed by atoms with van der Waals surface area (Å²) in [6.45, 7) is 1.52. The van der Waals surface area contributed by atoms with Gasteiger partial charge in [-0.05, 0) is 36.1 Å². The van der Waals surface area contributed by atoms with Gasteiger partial charge in [0.25, 0.3) is 0 Å². The lowest BCUT2D eigenvalue weighted by Crippen LogP contribution is -2.02. The molecule has 22 heavy (non-hydrogen) atoms. The van der Waals surface area contributed by atoms with Gasteiger partial charge >= 0.3 is 5.97 Å². The summed E-state index contributed by atoms with van der Waals surface area (Å²) < 4.78 is 0. The summed E-state index contributed by atoms with van der Waals surface area (Å²) in [7, 11) is 0. The summed E-state index contributed by atoms with van der Waals surface area (Å²) in [6, 6.07) is 15.2. The largest absolute Gasteiger partial charge is 0.481 e. The third-order valence-corrected chi connectivity index (χ3v) is 3.95. The number of hydrogen-bond acceptors (Lipinski definition) is 2. The first kappa shape index (κ1) is 16.2. The fraction of sp³-hybridized carbons (Fsp3) is 0.222. The Morgan fingerprint density at radius 3 is 2.41 bits per heavy atom. The molecular formula is C18H17ClO3. The van der Waals surface area contributed by atoms with E-state index in [1.165, 1.54) is 6.92 Å². The number of benzene rings is 2. The Hall–Kier alpha value is -2.13. The van der Waals surface area contributed by atoms with E-state index in [9.17, 15) is 9.59 Å². The van der Waals surface area contributed by atoms with Gasteiger partial charge < -0.3 is 5.11 Å². The normalized spacial score (nSPS) is 11.9. The van der Waals surface area contributed by atoms with Crippen LogP contribution in [0.4, 0.5) is 0 Å². The van der Waals surface area contributed by atoms with Crippen LogP contribution in [0.5, 0.6) is 0 Å². The molecule has 0 saturated heterocycles. The SMILES string of the molecule is CC(=O)c1cc(C(Cl)CCC(=O)O)ccc1-c1ccccc1. The molecule has 2 aromatic rings. The van der Waals surface area contributed by atoms with E-state index in [1.807, 2.05) is 42.5 Å². The lowest BCUT2D eigenvalue weighted by Gasteiger charge is -2.13. The molecule has 3 nitrogen and oxygen atoms in total. The molecule has 114 valence electrons. The van der Waals surface area contributed by atoms with Gasteiger partial charge in [0.2, 0.25) is 0 Å². The molecule has 0 bridgehead atoms. The molecular weight excluding hydrogens is 300 g/mol. The first-order valence-electron chi connectivity index (χ1n) is 7.05. The Balaban J connectivity index is 2.35. The lowest BCUT2D eigenvalue weighted by molar-refractivity contribution is -0.137. The molecule has 0 aromatic heterocycles. The number of carbonyl (C=O) groups excluding carboxylic acids is 1. The van der Waals surface area contributed by atoms with Crippen molar-refractivity contribution in [3.8, 4) is 11.1 Å². The van der Waals surface area contributed by atoms with Gasteiger partial charge in [0.15, 0.2) is 5.78 Å². The fourth-order valence-electron chi connectivity index (χ4n) is 2.33. The number of ketones is 1. The van der Waals surface area contributed by atoms with Crippen molar-refractivity contribution in [2.24, 2.45) is 0 Å². The molecule has 0 fully saturated rings. The zero-order valence-electron chi connectivity index (χ0n) is 12.3. The minimum absolute atomic E-state index is 0.00398. The van der Waals surface area contributed by atoms with Crippen molar-refractivity contribution in [3.05, 3.63) is 59.7 Å². The number of alkyl halides is 1. The fourth-order valence-corrected chi connectivity index (χ4v) is 2.58. The maximum Gasteiger partial charge on any atom is 0.303 e. The second kappa shape index (κ2) is 7.23. The number of carboxylic acid groups (broad SMARTS) is 1. The molecule has 0 heterocycles. The summed E-state index contributed by atoms with van der Waals surface area (Å²) in [5, 5.41) is 8.31. The predicted octanol–water partition coefficient (Wildman–Crippen LogP) is 4.70. The van der Waals surface area contributed by atoms with Crippen molar-refractivity contribution >= 4 is 23.4 Å². The smallest absolute Gasteiger partial charge is 0.303 e. The summed E-state index contributed by atoms with van der Waals surface area (Å²) in [4.78, 5) is 22.6. The summed E-state index contributed by atoms with van der Waals surface area (Å²) >= 11 is 6.25. The Kier molecular flexibility index (Phi) is 5.34. The molecule has 2 aromatic carbocycles. The number of carbonyl (C=O) groups is 2. The van der Waals surface area contributed by atoms with Crippen molar-refractivity contribution in [2.45, 2.75) is 25.1 Å². The number of Topliss-reactive ketones (excluding diaryl/α,β-unsaturated/α-hetero) is 1. The zero-order valence-corrected chi connectivity index (χ0v) is 13.0. The van der Waals surface area contributed by atoms with Gasteiger partial charge in [-0.25, -0.2) is 0 Å². The number of aliphatic carboxylic acids is 1. The second-order valence-electron chi connectivity index (χ2n) is 5.13. The van der Waals surface area contributed by atoms with Gasteiger partial charge in [-0.3, -0.25) is 9.59 Å². The molecule has 0 saturated carbocycles. The van der Waals surface area contributed by atoms with Gasteiger partial charge in [-0.2, -0.15) is 0 Å². The number of halogens is 1. The molecule has 1 atom stereocenters. The highest BCUT2D eigenvalue weighted by Gasteiger charge is 2.15. The van der Waals surface area contributed by atoms with Gasteiger partial charge in [0.05, 0.1) is 5.38 Å². The van der Waals surface area contributed by atoms with Crippen LogP contribution in [0.1, 0.15) is 41.1 Å². The van der Waals surface area contributed by atoms with E-state index in [-0.39, 0.29) is 12.2 Å². The average Bonchev–Trinajstić information content (AvgIpc) is 2.52. The van der Waals surface area contributed by atoms with Crippen molar-refractivity contribution in [1.82, 2.24) is 0 Å². The molecule has 0 aliphatic rings. The highest BCUT2D eigenvalue weighted by atomic mass is 35.5. The van der Waals surface area contributed by atoms with Crippen LogP contribution < -0.4 is 0 Å². The average molecular weight is 317 g/mol. The molecule has 0 spiro atoms. The van der Waals surface area contributed by atoms with Gasteiger partial charge in [-0.15, -0.1) is 11.6 Å². The third-order valence-electron chi connectivity index (χ3n) is 3.48. The Labute approximate surface area is 134 Å². The van der Waals surface area contributed by atoms with E-state index in [0.29, 0.717) is 12.0 Å². The molecule has 0 radical (unpaired) electrons. The lowest BCUT2D eigenvalue weighted by atomic mass is 9.94. The van der Waals surface area contributed by atoms with E-state index < -0.39 is 11.3 Å². The van der Waals surface area contributed by atoms with Crippen LogP contribution in [-0.2, 0) is 4.79 Å². The van der Waals surface area contributed by atoms with E-state index in [0.717, 1.165) is 16.7 Å². The van der Waals surface area contributed by atoms with Crippen LogP contribution in [0.2, 0.25) is 0 Å². The first-order chi connectivity index (χ1) is 10.5. The van der Waals surface area contributed by atoms with E-state index >= 15 is 0 Å². The number of carboxylic acids is 1. The van der Waals surface area contributed by atoms with E-state index in [2.05, 4.69) is 0 Å². The molecule has 4 heteroatoms. The van der Waals surface area contributed by atoms with E-state index in [4.69, 9.17) is 16.7 Å². The number of hydrogen-bond donors (Lipinski definition) is 1. The zero-order chi connectivity index (χ0) is 16.1. The van der Waals surface area contributed by atoms with Gasteiger partial charge in [-0.1, -0.05) is 42.5 Å². The topological polar surface area (TPSA) is 54.4 Å². The molecule has 1 unspecified atom stereocenters. The van der Waals surface area contributed by atoms with Crippen molar-refractivity contribution in [2.75, 3.05) is 0 Å². The third kappa shape index (κ3) is 3.95. The Bertz CT molecular complexity index is 680. The van der Waals surface area contributed by atoms with Crippen LogP contribution in [0, 0.1) is 0 Å². The van der Waals surface area contributed by atoms with Crippen molar-refractivity contribution in [1.29, 1.82) is 0 Å². The highest BCUT2D eigenvalue weighted by molar-refractivity contribution is 6.21. The van der Waals surface area contributed by atoms with Crippen LogP contribution in [0.15, 0.2) is 48.5 Å². The van der Waals surface area contributed by atoms with E-state index in [1.54, 1.807) is 6.07 Å². The molecule has 0 aliphatic carbocycles. The van der Waals surface area contributed by atoms with Crippen LogP contribution in [0.25, 0.3) is 11.1 Å². The number of rotatable bonds is 6. The van der Waals surface area contributed by atoms with Crippen molar-refractivity contribution < 1.29 is 14.7 Å². The van der Waals surface area contributed by atoms with Crippen LogP contribution >= 0.6 is 11.6 Å². The monoisotopic (exact) mass is 316 g/mol. The maximum atomic E-state index is 11.9. The highest BCUT2D eigenvalue weighted by Crippen LogP contribution is 2.31. The quantitative estimate of drug-likeness (QED) is 0.620. The minimum Gasteiger partial charge on any atom is -0.481 e. The maximum absolute atomic E-state index is 11.9. The van der Waals surface area contributed by atoms with Crippen LogP contribution in [-0.4, -0.2) is 16.9 Å². The summed E-state index contributed by atoms with van der Waals surface area (Å²) in [6.07, 6.45) is 0.336. The second-order valence-corrected chi connectivity index (χ2v) is 5.65. The summed E-state index contributed by atoms with van der Waals surface area (Å²) in [5.74, 6) is -0.916. The van der Waals surface area contributed by atoms with Gasteiger partial charge in [0, 0.05) is 12.0 Å². The predicted molar refractivity (Wildman–Crippen MR) is 87.3 cm³/mol. The minimum atomic E-state index is -0.877. The standard InChI is InChI=1S/C18H17ClO3/c1-12(20)16-11-14(17(19)9-10-18(21)22)7-8-15(16)13-5-3-2-4-6-13/h2-8,11,17H,9-10H2,1H3,(H,21,22). The molecule has 1 N–H and O–H groups in total. The van der Waals surface area contributed by atoms with Gasteiger partial charge in [0.1, 0.15) is 0 Å². The Morgan fingerprint density at radius 1 is 1.14 bits per heavy atom. The van der Waals surface area contributed by atoms with Crippen molar-refractivity contribution in [3.63, 3.8) is 0 Å². The first-order valence-corrected chi connectivity index (χ1v) is 7.49.